The van der Waals surface area contributed by atoms with Crippen molar-refractivity contribution >= 4 is 29.2 Å². The molecule has 2 atom stereocenters. The molecule has 2 N–H and O–H groups in total. The van der Waals surface area contributed by atoms with Gasteiger partial charge in [0.05, 0.1) is 29.2 Å². The van der Waals surface area contributed by atoms with Crippen LogP contribution in [0.25, 0.3) is 0 Å². The zero-order valence-electron chi connectivity index (χ0n) is 10.2. The molecule has 1 aromatic carbocycles. The molecule has 1 saturated heterocycles. The Morgan fingerprint density at radius 1 is 1.42 bits per heavy atom. The predicted molar refractivity (Wildman–Crippen MR) is 73.8 cm³/mol. The van der Waals surface area contributed by atoms with Crippen LogP contribution in [-0.4, -0.2) is 30.8 Å². The molecule has 0 spiro atoms. The standard InChI is InChI=1S/C13H15Cl2NO3/c14-10-2-1-8(5-11(10)15)13-9(6-12(17)18)7-16-3-4-19-13/h1-2,5,9,13,16H,3-4,6-7H2,(H,17,18)/t9-,13+/m1/s1. The van der Waals surface area contributed by atoms with Gasteiger partial charge in [0.15, 0.2) is 0 Å². The van der Waals surface area contributed by atoms with Crippen LogP contribution in [0.2, 0.25) is 10.0 Å². The number of halogens is 2. The average Bonchev–Trinajstić information content (AvgIpc) is 2.57. The average molecular weight is 304 g/mol. The number of nitrogens with one attached hydrogen (secondary N) is 1. The van der Waals surface area contributed by atoms with E-state index in [1.54, 1.807) is 12.1 Å². The summed E-state index contributed by atoms with van der Waals surface area (Å²) in [5, 5.41) is 13.1. The van der Waals surface area contributed by atoms with Crippen LogP contribution in [0, 0.1) is 5.92 Å². The van der Waals surface area contributed by atoms with Crippen LogP contribution in [0.3, 0.4) is 0 Å². The van der Waals surface area contributed by atoms with E-state index in [1.807, 2.05) is 6.07 Å². The lowest BCUT2D eigenvalue weighted by atomic mass is 9.92. The molecule has 1 fully saturated rings. The Morgan fingerprint density at radius 3 is 2.89 bits per heavy atom. The minimum atomic E-state index is -0.831. The van der Waals surface area contributed by atoms with Crippen molar-refractivity contribution in [2.24, 2.45) is 5.92 Å². The number of aliphatic carboxylic acids is 1. The van der Waals surface area contributed by atoms with Gasteiger partial charge in [0.2, 0.25) is 0 Å². The lowest BCUT2D eigenvalue weighted by Gasteiger charge is -2.24. The molecule has 0 amide bonds. The Kier molecular flexibility index (Phi) is 5.05. The molecular formula is C13H15Cl2NO3. The van der Waals surface area contributed by atoms with Crippen molar-refractivity contribution in [1.29, 1.82) is 0 Å². The molecule has 19 heavy (non-hydrogen) atoms. The molecule has 104 valence electrons. The highest BCUT2D eigenvalue weighted by Gasteiger charge is 2.28. The summed E-state index contributed by atoms with van der Waals surface area (Å²) in [5.74, 6) is -0.959. The van der Waals surface area contributed by atoms with Crippen LogP contribution in [0.15, 0.2) is 18.2 Å². The Morgan fingerprint density at radius 2 is 2.21 bits per heavy atom. The van der Waals surface area contributed by atoms with Crippen LogP contribution >= 0.6 is 23.2 Å². The summed E-state index contributed by atoms with van der Waals surface area (Å²) < 4.78 is 5.77. The minimum Gasteiger partial charge on any atom is -0.481 e. The third-order valence-corrected chi connectivity index (χ3v) is 3.86. The second kappa shape index (κ2) is 6.57. The maximum absolute atomic E-state index is 10.9. The molecule has 1 aliphatic heterocycles. The lowest BCUT2D eigenvalue weighted by molar-refractivity contribution is -0.139. The molecule has 0 bridgehead atoms. The van der Waals surface area contributed by atoms with E-state index >= 15 is 0 Å². The molecule has 1 aromatic rings. The predicted octanol–water partition coefficient (Wildman–Crippen LogP) is 2.75. The number of carboxylic acids is 1. The van der Waals surface area contributed by atoms with Crippen molar-refractivity contribution in [1.82, 2.24) is 5.32 Å². The van der Waals surface area contributed by atoms with Gasteiger partial charge in [-0.2, -0.15) is 0 Å². The van der Waals surface area contributed by atoms with Gasteiger partial charge in [-0.25, -0.2) is 0 Å². The van der Waals surface area contributed by atoms with E-state index in [1.165, 1.54) is 0 Å². The number of carbonyl (C=O) groups is 1. The highest BCUT2D eigenvalue weighted by atomic mass is 35.5. The van der Waals surface area contributed by atoms with Gasteiger partial charge in [-0.05, 0) is 17.7 Å². The van der Waals surface area contributed by atoms with E-state index < -0.39 is 5.97 Å². The second-order valence-corrected chi connectivity index (χ2v) is 5.34. The molecular weight excluding hydrogens is 289 g/mol. The number of carboxylic acid groups (broad SMARTS) is 1. The van der Waals surface area contributed by atoms with Crippen LogP contribution in [0.4, 0.5) is 0 Å². The van der Waals surface area contributed by atoms with E-state index in [0.29, 0.717) is 29.7 Å². The summed E-state index contributed by atoms with van der Waals surface area (Å²) in [6.45, 7) is 1.87. The Labute approximate surface area is 121 Å². The first-order valence-corrected chi connectivity index (χ1v) is 6.82. The van der Waals surface area contributed by atoms with E-state index in [2.05, 4.69) is 5.32 Å². The smallest absolute Gasteiger partial charge is 0.303 e. The Balaban J connectivity index is 2.25. The van der Waals surface area contributed by atoms with Gasteiger partial charge >= 0.3 is 5.97 Å². The SMILES string of the molecule is O=C(O)C[C@@H]1CNCCO[C@H]1c1ccc(Cl)c(Cl)c1. The fourth-order valence-corrected chi connectivity index (χ4v) is 2.56. The summed E-state index contributed by atoms with van der Waals surface area (Å²) in [4.78, 5) is 10.9. The molecule has 0 radical (unpaired) electrons. The molecule has 0 aliphatic carbocycles. The normalized spacial score (nSPS) is 23.9. The van der Waals surface area contributed by atoms with Crippen molar-refractivity contribution in [3.63, 3.8) is 0 Å². The highest BCUT2D eigenvalue weighted by Crippen LogP contribution is 2.33. The number of rotatable bonds is 3. The summed E-state index contributed by atoms with van der Waals surface area (Å²) in [7, 11) is 0. The summed E-state index contributed by atoms with van der Waals surface area (Å²) in [6, 6.07) is 5.28. The van der Waals surface area contributed by atoms with E-state index in [-0.39, 0.29) is 18.4 Å². The molecule has 2 rings (SSSR count). The third kappa shape index (κ3) is 3.83. The van der Waals surface area contributed by atoms with Crippen molar-refractivity contribution in [3.8, 4) is 0 Å². The van der Waals surface area contributed by atoms with Gasteiger partial charge in [-0.3, -0.25) is 4.79 Å². The first-order chi connectivity index (χ1) is 9.08. The van der Waals surface area contributed by atoms with Crippen molar-refractivity contribution in [3.05, 3.63) is 33.8 Å². The summed E-state index contributed by atoms with van der Waals surface area (Å²) >= 11 is 11.9. The third-order valence-electron chi connectivity index (χ3n) is 3.12. The summed E-state index contributed by atoms with van der Waals surface area (Å²) in [6.07, 6.45) is -0.223. The van der Waals surface area contributed by atoms with Crippen LogP contribution in [0.1, 0.15) is 18.1 Å². The molecule has 6 heteroatoms. The van der Waals surface area contributed by atoms with Crippen molar-refractivity contribution in [2.75, 3.05) is 19.7 Å². The van der Waals surface area contributed by atoms with Crippen molar-refractivity contribution < 1.29 is 14.6 Å². The molecule has 1 aliphatic rings. The maximum atomic E-state index is 10.9. The molecule has 0 saturated carbocycles. The first-order valence-electron chi connectivity index (χ1n) is 6.07. The fourth-order valence-electron chi connectivity index (χ4n) is 2.25. The molecule has 1 heterocycles. The van der Waals surface area contributed by atoms with E-state index in [0.717, 1.165) is 5.56 Å². The maximum Gasteiger partial charge on any atom is 0.303 e. The van der Waals surface area contributed by atoms with E-state index in [9.17, 15) is 4.79 Å². The zero-order valence-corrected chi connectivity index (χ0v) is 11.7. The largest absolute Gasteiger partial charge is 0.481 e. The van der Waals surface area contributed by atoms with Crippen LogP contribution in [-0.2, 0) is 9.53 Å². The Bertz CT molecular complexity index is 467. The van der Waals surface area contributed by atoms with Gasteiger partial charge in [-0.15, -0.1) is 0 Å². The van der Waals surface area contributed by atoms with Gasteiger partial charge in [0, 0.05) is 19.0 Å². The minimum absolute atomic E-state index is 0.0535. The quantitative estimate of drug-likeness (QED) is 0.901. The van der Waals surface area contributed by atoms with Gasteiger partial charge in [0.1, 0.15) is 0 Å². The molecule has 0 aromatic heterocycles. The van der Waals surface area contributed by atoms with E-state index in [4.69, 9.17) is 33.0 Å². The Hall–Kier alpha value is -0.810. The fraction of sp³-hybridized carbons (Fsp3) is 0.462. The van der Waals surface area contributed by atoms with Gasteiger partial charge < -0.3 is 15.2 Å². The van der Waals surface area contributed by atoms with Crippen LogP contribution < -0.4 is 5.32 Å². The van der Waals surface area contributed by atoms with Gasteiger partial charge in [0.25, 0.3) is 0 Å². The highest BCUT2D eigenvalue weighted by molar-refractivity contribution is 6.42. The molecule has 4 nitrogen and oxygen atoms in total. The monoisotopic (exact) mass is 303 g/mol. The molecule has 0 unspecified atom stereocenters. The number of ether oxygens (including phenoxy) is 1. The number of hydrogen-bond donors (Lipinski definition) is 2. The van der Waals surface area contributed by atoms with Crippen LogP contribution in [0.5, 0.6) is 0 Å². The first kappa shape index (κ1) is 14.6. The summed E-state index contributed by atoms with van der Waals surface area (Å²) in [5.41, 5.74) is 0.865. The topological polar surface area (TPSA) is 58.6 Å². The zero-order chi connectivity index (χ0) is 13.8. The van der Waals surface area contributed by atoms with Crippen molar-refractivity contribution in [2.45, 2.75) is 12.5 Å². The number of benzene rings is 1. The lowest BCUT2D eigenvalue weighted by Crippen LogP contribution is -2.26. The van der Waals surface area contributed by atoms with Gasteiger partial charge in [-0.1, -0.05) is 29.3 Å². The number of hydrogen-bond acceptors (Lipinski definition) is 3. The second-order valence-electron chi connectivity index (χ2n) is 4.53.